The third-order valence-corrected chi connectivity index (χ3v) is 3.93. The number of anilines is 1. The van der Waals surface area contributed by atoms with E-state index >= 15 is 0 Å². The SMILES string of the molecule is CCOc1ccccc1NC(=O)c1cc2cc(Cl)cc(Cl)c2oc1=O. The highest BCUT2D eigenvalue weighted by molar-refractivity contribution is 6.38. The maximum atomic E-state index is 12.5. The smallest absolute Gasteiger partial charge is 0.349 e. The molecular formula is C18H13Cl2NO4. The zero-order valence-electron chi connectivity index (χ0n) is 13.1. The lowest BCUT2D eigenvalue weighted by Gasteiger charge is -2.11. The standard InChI is InChI=1S/C18H13Cl2NO4/c1-2-24-15-6-4-3-5-14(15)21-17(22)12-8-10-7-11(19)9-13(20)16(10)25-18(12)23/h3-9H,2H2,1H3,(H,21,22). The second-order valence-electron chi connectivity index (χ2n) is 5.14. The maximum Gasteiger partial charge on any atom is 0.349 e. The molecule has 0 bridgehead atoms. The average molecular weight is 378 g/mol. The molecule has 0 spiro atoms. The fraction of sp³-hybridized carbons (Fsp3) is 0.111. The molecule has 2 aromatic carbocycles. The van der Waals surface area contributed by atoms with Crippen LogP contribution in [0, 0.1) is 0 Å². The van der Waals surface area contributed by atoms with Crippen molar-refractivity contribution in [3.05, 3.63) is 68.5 Å². The number of fused-ring (bicyclic) bond motifs is 1. The van der Waals surface area contributed by atoms with E-state index in [2.05, 4.69) is 5.32 Å². The van der Waals surface area contributed by atoms with E-state index in [9.17, 15) is 9.59 Å². The molecule has 3 rings (SSSR count). The van der Waals surface area contributed by atoms with E-state index in [-0.39, 0.29) is 16.2 Å². The molecule has 0 aliphatic heterocycles. The maximum absolute atomic E-state index is 12.5. The van der Waals surface area contributed by atoms with E-state index in [0.29, 0.717) is 28.5 Å². The molecule has 25 heavy (non-hydrogen) atoms. The van der Waals surface area contributed by atoms with Crippen LogP contribution in [0.3, 0.4) is 0 Å². The van der Waals surface area contributed by atoms with Gasteiger partial charge in [0.2, 0.25) is 0 Å². The van der Waals surface area contributed by atoms with Crippen LogP contribution in [0.2, 0.25) is 10.0 Å². The Morgan fingerprint density at radius 1 is 1.20 bits per heavy atom. The van der Waals surface area contributed by atoms with E-state index in [4.69, 9.17) is 32.4 Å². The summed E-state index contributed by atoms with van der Waals surface area (Å²) in [6.07, 6.45) is 0. The molecule has 0 radical (unpaired) electrons. The molecule has 1 heterocycles. The monoisotopic (exact) mass is 377 g/mol. The van der Waals surface area contributed by atoms with Gasteiger partial charge in [-0.1, -0.05) is 35.3 Å². The van der Waals surface area contributed by atoms with Gasteiger partial charge in [-0.05, 0) is 37.3 Å². The van der Waals surface area contributed by atoms with Crippen molar-refractivity contribution in [3.63, 3.8) is 0 Å². The summed E-state index contributed by atoms with van der Waals surface area (Å²) < 4.78 is 10.6. The molecule has 0 saturated carbocycles. The molecule has 0 fully saturated rings. The highest BCUT2D eigenvalue weighted by Gasteiger charge is 2.17. The quantitative estimate of drug-likeness (QED) is 0.666. The molecule has 0 aliphatic carbocycles. The van der Waals surface area contributed by atoms with Crippen LogP contribution >= 0.6 is 23.2 Å². The number of halogens is 2. The van der Waals surface area contributed by atoms with Crippen LogP contribution < -0.4 is 15.7 Å². The van der Waals surface area contributed by atoms with Gasteiger partial charge >= 0.3 is 5.63 Å². The first-order valence-electron chi connectivity index (χ1n) is 7.45. The first-order valence-corrected chi connectivity index (χ1v) is 8.21. The van der Waals surface area contributed by atoms with E-state index in [1.807, 2.05) is 6.92 Å². The lowest BCUT2D eigenvalue weighted by atomic mass is 10.1. The van der Waals surface area contributed by atoms with Gasteiger partial charge < -0.3 is 14.5 Å². The Balaban J connectivity index is 2.00. The fourth-order valence-electron chi connectivity index (χ4n) is 2.36. The van der Waals surface area contributed by atoms with Gasteiger partial charge in [-0.15, -0.1) is 0 Å². The first-order chi connectivity index (χ1) is 12.0. The Morgan fingerprint density at radius 3 is 2.72 bits per heavy atom. The van der Waals surface area contributed by atoms with Gasteiger partial charge in [0, 0.05) is 10.4 Å². The molecule has 1 N–H and O–H groups in total. The molecule has 1 aromatic heterocycles. The number of hydrogen-bond acceptors (Lipinski definition) is 4. The normalized spacial score (nSPS) is 10.7. The topological polar surface area (TPSA) is 68.5 Å². The molecule has 3 aromatic rings. The van der Waals surface area contributed by atoms with Crippen molar-refractivity contribution in [2.75, 3.05) is 11.9 Å². The average Bonchev–Trinajstić information content (AvgIpc) is 2.57. The second-order valence-corrected chi connectivity index (χ2v) is 5.98. The fourth-order valence-corrected chi connectivity index (χ4v) is 2.90. The van der Waals surface area contributed by atoms with Crippen LogP contribution in [-0.2, 0) is 0 Å². The summed E-state index contributed by atoms with van der Waals surface area (Å²) in [7, 11) is 0. The lowest BCUT2D eigenvalue weighted by molar-refractivity contribution is 0.102. The van der Waals surface area contributed by atoms with Gasteiger partial charge in [0.15, 0.2) is 5.58 Å². The summed E-state index contributed by atoms with van der Waals surface area (Å²) in [6.45, 7) is 2.28. The minimum atomic E-state index is -0.789. The summed E-state index contributed by atoms with van der Waals surface area (Å²) in [6, 6.07) is 11.4. The Labute approximate surface area is 153 Å². The summed E-state index contributed by atoms with van der Waals surface area (Å²) >= 11 is 12.0. The van der Waals surface area contributed by atoms with Crippen LogP contribution in [0.1, 0.15) is 17.3 Å². The zero-order chi connectivity index (χ0) is 18.0. The van der Waals surface area contributed by atoms with Crippen molar-refractivity contribution in [3.8, 4) is 5.75 Å². The number of benzene rings is 2. The number of carbonyl (C=O) groups excluding carboxylic acids is 1. The molecule has 5 nitrogen and oxygen atoms in total. The van der Waals surface area contributed by atoms with Gasteiger partial charge in [-0.3, -0.25) is 4.79 Å². The largest absolute Gasteiger partial charge is 0.492 e. The van der Waals surface area contributed by atoms with Crippen LogP contribution in [-0.4, -0.2) is 12.5 Å². The van der Waals surface area contributed by atoms with Gasteiger partial charge in [0.1, 0.15) is 11.3 Å². The number of amides is 1. The van der Waals surface area contributed by atoms with Crippen LogP contribution in [0.5, 0.6) is 5.75 Å². The minimum absolute atomic E-state index is 0.155. The molecule has 0 unspecified atom stereocenters. The third-order valence-electron chi connectivity index (χ3n) is 3.43. The van der Waals surface area contributed by atoms with Crippen molar-refractivity contribution in [1.29, 1.82) is 0 Å². The van der Waals surface area contributed by atoms with Gasteiger partial charge in [0.05, 0.1) is 17.3 Å². The highest BCUT2D eigenvalue weighted by Crippen LogP contribution is 2.28. The molecule has 7 heteroatoms. The molecule has 128 valence electrons. The summed E-state index contributed by atoms with van der Waals surface area (Å²) in [5, 5.41) is 3.69. The number of hydrogen-bond donors (Lipinski definition) is 1. The predicted octanol–water partition coefficient (Wildman–Crippen LogP) is 4.75. The van der Waals surface area contributed by atoms with Crippen molar-refractivity contribution in [2.24, 2.45) is 0 Å². The zero-order valence-corrected chi connectivity index (χ0v) is 14.6. The van der Waals surface area contributed by atoms with Crippen LogP contribution in [0.4, 0.5) is 5.69 Å². The number of nitrogens with one attached hydrogen (secondary N) is 1. The van der Waals surface area contributed by atoms with Crippen LogP contribution in [0.25, 0.3) is 11.0 Å². The molecule has 1 amide bonds. The Hall–Kier alpha value is -2.50. The number of ether oxygens (including phenoxy) is 1. The Bertz CT molecular complexity index is 1010. The van der Waals surface area contributed by atoms with Crippen molar-refractivity contribution in [2.45, 2.75) is 6.92 Å². The highest BCUT2D eigenvalue weighted by atomic mass is 35.5. The van der Waals surface area contributed by atoms with Crippen molar-refractivity contribution in [1.82, 2.24) is 0 Å². The summed E-state index contributed by atoms with van der Waals surface area (Å²) in [5.41, 5.74) is -0.305. The summed E-state index contributed by atoms with van der Waals surface area (Å²) in [4.78, 5) is 24.7. The second kappa shape index (κ2) is 7.17. The van der Waals surface area contributed by atoms with E-state index in [1.165, 1.54) is 12.1 Å². The Morgan fingerprint density at radius 2 is 1.96 bits per heavy atom. The van der Waals surface area contributed by atoms with Gasteiger partial charge in [0.25, 0.3) is 5.91 Å². The number of rotatable bonds is 4. The third kappa shape index (κ3) is 3.62. The number of carbonyl (C=O) groups is 1. The minimum Gasteiger partial charge on any atom is -0.492 e. The van der Waals surface area contributed by atoms with E-state index in [0.717, 1.165) is 0 Å². The van der Waals surface area contributed by atoms with E-state index in [1.54, 1.807) is 30.3 Å². The lowest BCUT2D eigenvalue weighted by Crippen LogP contribution is -2.21. The molecular weight excluding hydrogens is 365 g/mol. The van der Waals surface area contributed by atoms with Crippen molar-refractivity contribution >= 4 is 45.8 Å². The molecule has 0 atom stereocenters. The van der Waals surface area contributed by atoms with Crippen LogP contribution in [0.15, 0.2) is 51.7 Å². The first kappa shape index (κ1) is 17.3. The summed E-state index contributed by atoms with van der Waals surface area (Å²) in [5.74, 6) is -0.103. The van der Waals surface area contributed by atoms with E-state index < -0.39 is 11.5 Å². The van der Waals surface area contributed by atoms with Crippen molar-refractivity contribution < 1.29 is 13.9 Å². The number of para-hydroxylation sites is 2. The Kier molecular flexibility index (Phi) is 4.97. The van der Waals surface area contributed by atoms with Gasteiger partial charge in [-0.25, -0.2) is 4.79 Å². The predicted molar refractivity (Wildman–Crippen MR) is 98.1 cm³/mol. The van der Waals surface area contributed by atoms with Gasteiger partial charge in [-0.2, -0.15) is 0 Å². The molecule has 0 saturated heterocycles. The molecule has 0 aliphatic rings.